The summed E-state index contributed by atoms with van der Waals surface area (Å²) in [7, 11) is 0. The van der Waals surface area contributed by atoms with E-state index in [1.165, 1.54) is 35.5 Å². The van der Waals surface area contributed by atoms with Crippen molar-refractivity contribution in [2.75, 3.05) is 5.32 Å². The predicted octanol–water partition coefficient (Wildman–Crippen LogP) is 4.35. The molecule has 33 heavy (non-hydrogen) atoms. The monoisotopic (exact) mass is 456 g/mol. The Balaban J connectivity index is 1.54. The van der Waals surface area contributed by atoms with Crippen molar-refractivity contribution < 1.29 is 22.4 Å². The Hall–Kier alpha value is -4.02. The van der Waals surface area contributed by atoms with Crippen molar-refractivity contribution in [1.29, 1.82) is 0 Å². The van der Waals surface area contributed by atoms with E-state index >= 15 is 0 Å². The van der Waals surface area contributed by atoms with E-state index in [1.54, 1.807) is 16.8 Å². The maximum absolute atomic E-state index is 13.3. The van der Waals surface area contributed by atoms with Gasteiger partial charge in [0.25, 0.3) is 5.91 Å². The first-order chi connectivity index (χ1) is 15.8. The highest BCUT2D eigenvalue weighted by Crippen LogP contribution is 2.34. The summed E-state index contributed by atoms with van der Waals surface area (Å²) in [4.78, 5) is 17.0. The molecule has 2 aromatic heterocycles. The number of amides is 1. The van der Waals surface area contributed by atoms with Gasteiger partial charge in [0.05, 0.1) is 22.6 Å². The van der Waals surface area contributed by atoms with Gasteiger partial charge in [-0.05, 0) is 61.7 Å². The molecule has 1 aliphatic carbocycles. The van der Waals surface area contributed by atoms with Gasteiger partial charge >= 0.3 is 6.18 Å². The molecule has 2 aromatic carbocycles. The van der Waals surface area contributed by atoms with Crippen molar-refractivity contribution in [3.8, 4) is 11.4 Å². The summed E-state index contributed by atoms with van der Waals surface area (Å²) < 4.78 is 56.1. The first kappa shape index (κ1) is 20.9. The Morgan fingerprint density at radius 3 is 2.55 bits per heavy atom. The summed E-state index contributed by atoms with van der Waals surface area (Å²) in [5.74, 6) is -1.04. The minimum absolute atomic E-state index is 0.0802. The highest BCUT2D eigenvalue weighted by molar-refractivity contribution is 6.05. The van der Waals surface area contributed by atoms with Gasteiger partial charge in [-0.3, -0.25) is 4.79 Å². The van der Waals surface area contributed by atoms with Crippen molar-refractivity contribution in [1.82, 2.24) is 24.5 Å². The van der Waals surface area contributed by atoms with Crippen LogP contribution < -0.4 is 5.32 Å². The standard InChI is InChI=1S/C22H16F4N6O/c23-14-5-7-15(8-6-14)32-18-3-1-2-16(18)20(30-32)21(33)29-17-10-13(22(24,25)26)4-9-19(17)31-12-27-11-28-31/h4-12H,1-3H2,(H,29,33). The third-order valence-electron chi connectivity index (χ3n) is 5.45. The fraction of sp³-hybridized carbons (Fsp3) is 0.182. The van der Waals surface area contributed by atoms with Crippen molar-refractivity contribution in [3.63, 3.8) is 0 Å². The van der Waals surface area contributed by atoms with Gasteiger partial charge in [-0.1, -0.05) is 0 Å². The van der Waals surface area contributed by atoms with Crippen LogP contribution in [0.5, 0.6) is 0 Å². The van der Waals surface area contributed by atoms with Crippen LogP contribution >= 0.6 is 0 Å². The van der Waals surface area contributed by atoms with Crippen LogP contribution in [0.2, 0.25) is 0 Å². The maximum atomic E-state index is 13.3. The fourth-order valence-electron chi connectivity index (χ4n) is 3.94. The molecule has 0 fully saturated rings. The summed E-state index contributed by atoms with van der Waals surface area (Å²) in [6, 6.07) is 8.68. The third-order valence-corrected chi connectivity index (χ3v) is 5.45. The zero-order valence-electron chi connectivity index (χ0n) is 17.0. The largest absolute Gasteiger partial charge is 0.416 e. The first-order valence-corrected chi connectivity index (χ1v) is 10.1. The molecule has 4 aromatic rings. The van der Waals surface area contributed by atoms with Crippen LogP contribution in [0.15, 0.2) is 55.1 Å². The van der Waals surface area contributed by atoms with Gasteiger partial charge in [0.15, 0.2) is 5.69 Å². The molecule has 1 aliphatic rings. The van der Waals surface area contributed by atoms with Crippen LogP contribution in [0.3, 0.4) is 0 Å². The lowest BCUT2D eigenvalue weighted by atomic mass is 10.1. The summed E-state index contributed by atoms with van der Waals surface area (Å²) in [5, 5.41) is 10.9. The lowest BCUT2D eigenvalue weighted by Crippen LogP contribution is -2.17. The number of halogens is 4. The van der Waals surface area contributed by atoms with E-state index in [2.05, 4.69) is 20.5 Å². The molecule has 1 N–H and O–H groups in total. The van der Waals surface area contributed by atoms with Crippen LogP contribution in [-0.2, 0) is 19.0 Å². The quantitative estimate of drug-likeness (QED) is 0.463. The first-order valence-electron chi connectivity index (χ1n) is 10.1. The number of benzene rings is 2. The van der Waals surface area contributed by atoms with Crippen LogP contribution in [-0.4, -0.2) is 30.5 Å². The molecule has 0 aliphatic heterocycles. The van der Waals surface area contributed by atoms with Crippen LogP contribution in [0.25, 0.3) is 11.4 Å². The number of hydrogen-bond acceptors (Lipinski definition) is 4. The zero-order valence-corrected chi connectivity index (χ0v) is 17.0. The van der Waals surface area contributed by atoms with E-state index in [-0.39, 0.29) is 17.1 Å². The molecular formula is C22H16F4N6O. The Morgan fingerprint density at radius 1 is 1.06 bits per heavy atom. The molecule has 7 nitrogen and oxygen atoms in total. The van der Waals surface area contributed by atoms with Gasteiger partial charge in [0, 0.05) is 11.3 Å². The number of rotatable bonds is 4. The zero-order chi connectivity index (χ0) is 23.2. The van der Waals surface area contributed by atoms with Crippen molar-refractivity contribution >= 4 is 11.6 Å². The number of aromatic nitrogens is 5. The molecule has 1 amide bonds. The number of carbonyl (C=O) groups excluding carboxylic acids is 1. The molecule has 0 saturated heterocycles. The van der Waals surface area contributed by atoms with Crippen LogP contribution in [0.4, 0.5) is 23.2 Å². The van der Waals surface area contributed by atoms with Crippen molar-refractivity contribution in [2.24, 2.45) is 0 Å². The summed E-state index contributed by atoms with van der Waals surface area (Å²) in [5.41, 5.74) is 1.50. The summed E-state index contributed by atoms with van der Waals surface area (Å²) >= 11 is 0. The van der Waals surface area contributed by atoms with Gasteiger partial charge in [-0.25, -0.2) is 18.7 Å². The number of fused-ring (bicyclic) bond motifs is 1. The SMILES string of the molecule is O=C(Nc1cc(C(F)(F)F)ccc1-n1cncn1)c1nn(-c2ccc(F)cc2)c2c1CCC2. The number of nitrogens with one attached hydrogen (secondary N) is 1. The molecular weight excluding hydrogens is 440 g/mol. The third kappa shape index (κ3) is 3.86. The van der Waals surface area contributed by atoms with Gasteiger partial charge in [-0.15, -0.1) is 0 Å². The Bertz CT molecular complexity index is 1330. The van der Waals surface area contributed by atoms with Gasteiger partial charge in [-0.2, -0.15) is 23.4 Å². The Kier molecular flexibility index (Phi) is 4.95. The fourth-order valence-corrected chi connectivity index (χ4v) is 3.94. The number of anilines is 1. The van der Waals surface area contributed by atoms with Gasteiger partial charge in [0.2, 0.25) is 0 Å². The van der Waals surface area contributed by atoms with Gasteiger partial charge in [0.1, 0.15) is 18.5 Å². The second kappa shape index (κ2) is 7.84. The Morgan fingerprint density at radius 2 is 1.85 bits per heavy atom. The molecule has 2 heterocycles. The second-order valence-corrected chi connectivity index (χ2v) is 7.54. The molecule has 0 bridgehead atoms. The summed E-state index contributed by atoms with van der Waals surface area (Å²) in [6.07, 6.45) is 0.0620. The van der Waals surface area contributed by atoms with Crippen LogP contribution in [0.1, 0.15) is 33.7 Å². The van der Waals surface area contributed by atoms with E-state index < -0.39 is 23.5 Å². The predicted molar refractivity (Wildman–Crippen MR) is 110 cm³/mol. The summed E-state index contributed by atoms with van der Waals surface area (Å²) in [6.45, 7) is 0. The highest BCUT2D eigenvalue weighted by Gasteiger charge is 2.32. The molecule has 0 spiro atoms. The van der Waals surface area contributed by atoms with E-state index in [0.717, 1.165) is 29.8 Å². The van der Waals surface area contributed by atoms with E-state index in [1.807, 2.05) is 0 Å². The minimum atomic E-state index is -4.59. The molecule has 0 radical (unpaired) electrons. The van der Waals surface area contributed by atoms with E-state index in [4.69, 9.17) is 0 Å². The Labute approximate surface area is 184 Å². The minimum Gasteiger partial charge on any atom is -0.319 e. The molecule has 0 unspecified atom stereocenters. The van der Waals surface area contributed by atoms with Crippen molar-refractivity contribution in [2.45, 2.75) is 25.4 Å². The average molecular weight is 456 g/mol. The van der Waals surface area contributed by atoms with E-state index in [0.29, 0.717) is 18.5 Å². The molecule has 11 heteroatoms. The van der Waals surface area contributed by atoms with Crippen molar-refractivity contribution in [3.05, 3.63) is 83.5 Å². The maximum Gasteiger partial charge on any atom is 0.416 e. The van der Waals surface area contributed by atoms with E-state index in [9.17, 15) is 22.4 Å². The lowest BCUT2D eigenvalue weighted by molar-refractivity contribution is -0.137. The lowest BCUT2D eigenvalue weighted by Gasteiger charge is -2.14. The molecule has 5 rings (SSSR count). The second-order valence-electron chi connectivity index (χ2n) is 7.54. The number of alkyl halides is 3. The molecule has 0 saturated carbocycles. The molecule has 168 valence electrons. The number of nitrogens with zero attached hydrogens (tertiary/aromatic N) is 5. The van der Waals surface area contributed by atoms with Gasteiger partial charge < -0.3 is 5.32 Å². The molecule has 0 atom stereocenters. The topological polar surface area (TPSA) is 77.6 Å². The van der Waals surface area contributed by atoms with Crippen LogP contribution in [0, 0.1) is 5.82 Å². The highest BCUT2D eigenvalue weighted by atomic mass is 19.4. The number of hydrogen-bond donors (Lipinski definition) is 1. The number of carbonyl (C=O) groups is 1. The average Bonchev–Trinajstić information content (AvgIpc) is 3.52. The smallest absolute Gasteiger partial charge is 0.319 e. The normalized spacial score (nSPS) is 13.2.